The molecule has 0 N–H and O–H groups in total. The third-order valence-electron chi connectivity index (χ3n) is 5.47. The number of carbonyl (C=O) groups is 1. The van der Waals surface area contributed by atoms with Crippen molar-refractivity contribution < 1.29 is 19.4 Å². The van der Waals surface area contributed by atoms with Gasteiger partial charge in [0, 0.05) is 12.1 Å². The molecule has 0 radical (unpaired) electrons. The zero-order valence-corrected chi connectivity index (χ0v) is 12.1. The van der Waals surface area contributed by atoms with Crippen LogP contribution in [0.15, 0.2) is 18.2 Å². The standard InChI is InChI=1S/C15H14N2O6/c18-15(23-14-11-2-1-10(11)12-6-13(12)14)7-3-8(16(19)20)5-9(4-7)17(21)22/h3-5,10-14H,1-2,6H2/t10-,11+,12+,13-,14+/m0/s1. The summed E-state index contributed by atoms with van der Waals surface area (Å²) in [5.41, 5.74) is -1.10. The minimum atomic E-state index is -0.752. The summed E-state index contributed by atoms with van der Waals surface area (Å²) in [4.78, 5) is 32.6. The van der Waals surface area contributed by atoms with E-state index in [1.165, 1.54) is 6.42 Å². The average molecular weight is 318 g/mol. The van der Waals surface area contributed by atoms with Crippen molar-refractivity contribution in [3.05, 3.63) is 44.0 Å². The molecule has 3 saturated carbocycles. The van der Waals surface area contributed by atoms with E-state index in [1.54, 1.807) is 0 Å². The van der Waals surface area contributed by atoms with Gasteiger partial charge in [-0.15, -0.1) is 0 Å². The highest BCUT2D eigenvalue weighted by atomic mass is 16.6. The Morgan fingerprint density at radius 1 is 0.957 bits per heavy atom. The molecule has 23 heavy (non-hydrogen) atoms. The lowest BCUT2D eigenvalue weighted by Crippen LogP contribution is -2.35. The highest BCUT2D eigenvalue weighted by Crippen LogP contribution is 2.66. The molecule has 8 heteroatoms. The van der Waals surface area contributed by atoms with Crippen LogP contribution in [0.3, 0.4) is 0 Å². The maximum atomic E-state index is 12.3. The number of non-ortho nitro benzene ring substituents is 2. The maximum absolute atomic E-state index is 12.3. The van der Waals surface area contributed by atoms with Gasteiger partial charge in [-0.1, -0.05) is 0 Å². The number of esters is 1. The van der Waals surface area contributed by atoms with E-state index in [4.69, 9.17) is 4.74 Å². The molecule has 8 nitrogen and oxygen atoms in total. The van der Waals surface area contributed by atoms with Gasteiger partial charge in [-0.05, 0) is 42.9 Å². The molecule has 0 aromatic heterocycles. The van der Waals surface area contributed by atoms with E-state index < -0.39 is 27.2 Å². The predicted molar refractivity (Wildman–Crippen MR) is 76.8 cm³/mol. The maximum Gasteiger partial charge on any atom is 0.338 e. The molecular formula is C15H14N2O6. The number of fused-ring (bicyclic) bond motifs is 3. The average Bonchev–Trinajstić information content (AvgIpc) is 3.20. The molecule has 3 fully saturated rings. The normalized spacial score (nSPS) is 33.1. The minimum absolute atomic E-state index is 0.133. The summed E-state index contributed by atoms with van der Waals surface area (Å²) in [7, 11) is 0. The molecule has 120 valence electrons. The molecule has 0 bridgehead atoms. The molecule has 1 aromatic carbocycles. The fourth-order valence-electron chi connectivity index (χ4n) is 4.20. The number of hydrogen-bond donors (Lipinski definition) is 0. The molecule has 4 rings (SSSR count). The molecule has 5 atom stereocenters. The van der Waals surface area contributed by atoms with Crippen molar-refractivity contribution in [1.82, 2.24) is 0 Å². The highest BCUT2D eigenvalue weighted by Gasteiger charge is 2.64. The van der Waals surface area contributed by atoms with Gasteiger partial charge in [-0.25, -0.2) is 4.79 Å². The lowest BCUT2D eigenvalue weighted by atomic mass is 9.72. The summed E-state index contributed by atoms with van der Waals surface area (Å²) >= 11 is 0. The lowest BCUT2D eigenvalue weighted by Gasteiger charge is -2.36. The largest absolute Gasteiger partial charge is 0.458 e. The summed E-state index contributed by atoms with van der Waals surface area (Å²) in [6, 6.07) is 2.91. The second kappa shape index (κ2) is 4.74. The summed E-state index contributed by atoms with van der Waals surface area (Å²) in [5.74, 6) is 1.41. The molecule has 0 amide bonds. The number of hydrogen-bond acceptors (Lipinski definition) is 6. The van der Waals surface area contributed by atoms with Gasteiger partial charge >= 0.3 is 5.97 Å². The van der Waals surface area contributed by atoms with Crippen molar-refractivity contribution in [3.8, 4) is 0 Å². The van der Waals surface area contributed by atoms with Crippen LogP contribution >= 0.6 is 0 Å². The summed E-state index contributed by atoms with van der Waals surface area (Å²) in [5, 5.41) is 21.8. The predicted octanol–water partition coefficient (Wildman–Crippen LogP) is 2.70. The Hall–Kier alpha value is -2.51. The van der Waals surface area contributed by atoms with Gasteiger partial charge in [-0.2, -0.15) is 0 Å². The van der Waals surface area contributed by atoms with E-state index in [0.29, 0.717) is 23.7 Å². The molecule has 1 aromatic rings. The van der Waals surface area contributed by atoms with Crippen molar-refractivity contribution >= 4 is 17.3 Å². The Kier molecular flexibility index (Phi) is 2.91. The molecule has 0 saturated heterocycles. The van der Waals surface area contributed by atoms with Crippen LogP contribution in [0.2, 0.25) is 0 Å². The quantitative estimate of drug-likeness (QED) is 0.479. The summed E-state index contributed by atoms with van der Waals surface area (Å²) in [6.45, 7) is 0. The van der Waals surface area contributed by atoms with Crippen molar-refractivity contribution in [3.63, 3.8) is 0 Å². The number of ether oxygens (including phenoxy) is 1. The fourth-order valence-corrected chi connectivity index (χ4v) is 4.20. The van der Waals surface area contributed by atoms with Crippen LogP contribution in [-0.4, -0.2) is 21.9 Å². The Balaban J connectivity index is 1.58. The first-order valence-corrected chi connectivity index (χ1v) is 7.60. The second-order valence-corrected chi connectivity index (χ2v) is 6.59. The number of rotatable bonds is 4. The fraction of sp³-hybridized carbons (Fsp3) is 0.533. The van der Waals surface area contributed by atoms with Gasteiger partial charge in [-0.3, -0.25) is 20.2 Å². The number of nitrogens with zero attached hydrogens (tertiary/aromatic N) is 2. The highest BCUT2D eigenvalue weighted by molar-refractivity contribution is 5.91. The van der Waals surface area contributed by atoms with Crippen LogP contribution in [0.1, 0.15) is 29.6 Å². The Labute approximate surface area is 130 Å². The van der Waals surface area contributed by atoms with Crippen LogP contribution in [0.5, 0.6) is 0 Å². The molecular weight excluding hydrogens is 304 g/mol. The first-order valence-electron chi connectivity index (χ1n) is 7.60. The smallest absolute Gasteiger partial charge is 0.338 e. The zero-order chi connectivity index (χ0) is 16.3. The SMILES string of the molecule is O=C(O[C@@H]1[C@@H]2CC[C@@H]2[C@H]2C[C@@H]21)c1cc([N+](=O)[O-])cc([N+](=O)[O-])c1. The zero-order valence-electron chi connectivity index (χ0n) is 12.1. The van der Waals surface area contributed by atoms with E-state index in [2.05, 4.69) is 0 Å². The van der Waals surface area contributed by atoms with Crippen molar-refractivity contribution in [2.24, 2.45) is 23.7 Å². The number of nitro groups is 2. The van der Waals surface area contributed by atoms with Gasteiger partial charge in [0.1, 0.15) is 6.10 Å². The molecule has 0 heterocycles. The lowest BCUT2D eigenvalue weighted by molar-refractivity contribution is -0.394. The van der Waals surface area contributed by atoms with E-state index in [1.807, 2.05) is 0 Å². The van der Waals surface area contributed by atoms with E-state index in [9.17, 15) is 25.0 Å². The molecule has 0 spiro atoms. The van der Waals surface area contributed by atoms with Crippen LogP contribution in [0, 0.1) is 43.9 Å². The van der Waals surface area contributed by atoms with Gasteiger partial charge in [0.15, 0.2) is 0 Å². The monoisotopic (exact) mass is 318 g/mol. The Bertz CT molecular complexity index is 700. The number of nitro benzene ring substituents is 2. The van der Waals surface area contributed by atoms with Crippen LogP contribution in [-0.2, 0) is 4.74 Å². The Morgan fingerprint density at radius 3 is 2.04 bits per heavy atom. The van der Waals surface area contributed by atoms with Gasteiger partial charge in [0.25, 0.3) is 11.4 Å². The topological polar surface area (TPSA) is 113 Å². The first kappa shape index (κ1) is 14.1. The molecule has 3 aliphatic rings. The Morgan fingerprint density at radius 2 is 1.57 bits per heavy atom. The van der Waals surface area contributed by atoms with E-state index >= 15 is 0 Å². The minimum Gasteiger partial charge on any atom is -0.458 e. The summed E-state index contributed by atoms with van der Waals surface area (Å²) < 4.78 is 5.57. The molecule has 3 aliphatic carbocycles. The number of carbonyl (C=O) groups excluding carboxylic acids is 1. The third-order valence-corrected chi connectivity index (χ3v) is 5.47. The third kappa shape index (κ3) is 2.16. The van der Waals surface area contributed by atoms with Gasteiger partial charge in [0.2, 0.25) is 0 Å². The van der Waals surface area contributed by atoms with Crippen molar-refractivity contribution in [2.45, 2.75) is 25.4 Å². The van der Waals surface area contributed by atoms with Crippen molar-refractivity contribution in [2.75, 3.05) is 0 Å². The van der Waals surface area contributed by atoms with Crippen LogP contribution in [0.25, 0.3) is 0 Å². The molecule has 0 aliphatic heterocycles. The number of benzene rings is 1. The summed E-state index contributed by atoms with van der Waals surface area (Å²) in [6.07, 6.45) is 3.17. The first-order chi connectivity index (χ1) is 11.0. The van der Waals surface area contributed by atoms with Gasteiger partial charge < -0.3 is 4.74 Å². The van der Waals surface area contributed by atoms with Gasteiger partial charge in [0.05, 0.1) is 21.5 Å². The second-order valence-electron chi connectivity index (χ2n) is 6.59. The van der Waals surface area contributed by atoms with Crippen LogP contribution < -0.4 is 0 Å². The van der Waals surface area contributed by atoms with Crippen molar-refractivity contribution in [1.29, 1.82) is 0 Å². The van der Waals surface area contributed by atoms with E-state index in [0.717, 1.165) is 31.0 Å². The van der Waals surface area contributed by atoms with Crippen LogP contribution in [0.4, 0.5) is 11.4 Å². The van der Waals surface area contributed by atoms with E-state index in [-0.39, 0.29) is 11.7 Å². The molecule has 0 unspecified atom stereocenters.